The zero-order chi connectivity index (χ0) is 10.5. The van der Waals surface area contributed by atoms with Crippen LogP contribution in [0.2, 0.25) is 0 Å². The minimum Gasteiger partial charge on any atom is -0.320 e. The van der Waals surface area contributed by atoms with Crippen LogP contribution in [-0.2, 0) is 6.42 Å². The summed E-state index contributed by atoms with van der Waals surface area (Å²) in [6.45, 7) is 1.05. The van der Waals surface area contributed by atoms with Gasteiger partial charge < -0.3 is 5.32 Å². The molecule has 0 aliphatic heterocycles. The number of rotatable bonds is 4. The van der Waals surface area contributed by atoms with Crippen LogP contribution >= 0.6 is 0 Å². The molecular formula is C13H16N2. The molecule has 2 aromatic rings. The number of aromatic nitrogens is 1. The molecule has 78 valence electrons. The molecule has 0 spiro atoms. The summed E-state index contributed by atoms with van der Waals surface area (Å²) in [5.41, 5.74) is 1.21. The molecule has 2 nitrogen and oxygen atoms in total. The van der Waals surface area contributed by atoms with Crippen molar-refractivity contribution in [3.8, 4) is 0 Å². The summed E-state index contributed by atoms with van der Waals surface area (Å²) >= 11 is 0. The number of nitrogens with zero attached hydrogens (tertiary/aromatic N) is 1. The first-order valence-corrected chi connectivity index (χ1v) is 5.39. The molecule has 0 radical (unpaired) electrons. The highest BCUT2D eigenvalue weighted by Crippen LogP contribution is 2.17. The van der Waals surface area contributed by atoms with Gasteiger partial charge in [-0.3, -0.25) is 4.98 Å². The molecule has 0 aliphatic rings. The van der Waals surface area contributed by atoms with Crippen molar-refractivity contribution in [3.63, 3.8) is 0 Å². The molecular weight excluding hydrogens is 184 g/mol. The fraction of sp³-hybridized carbons (Fsp3) is 0.308. The van der Waals surface area contributed by atoms with Crippen LogP contribution in [0.5, 0.6) is 0 Å². The van der Waals surface area contributed by atoms with Gasteiger partial charge in [-0.1, -0.05) is 24.3 Å². The van der Waals surface area contributed by atoms with Crippen molar-refractivity contribution in [1.29, 1.82) is 0 Å². The Balaban J connectivity index is 2.26. The Kier molecular flexibility index (Phi) is 3.30. The fourth-order valence-corrected chi connectivity index (χ4v) is 1.81. The Labute approximate surface area is 90.3 Å². The molecule has 2 rings (SSSR count). The smallest absolute Gasteiger partial charge is 0.0482 e. The molecule has 0 amide bonds. The summed E-state index contributed by atoms with van der Waals surface area (Å²) in [5, 5.41) is 5.73. The average molecular weight is 200 g/mol. The van der Waals surface area contributed by atoms with Gasteiger partial charge in [0, 0.05) is 17.3 Å². The number of aryl methyl sites for hydroxylation is 1. The lowest BCUT2D eigenvalue weighted by atomic mass is 10.1. The molecule has 0 bridgehead atoms. The molecule has 1 N–H and O–H groups in total. The summed E-state index contributed by atoms with van der Waals surface area (Å²) in [5.74, 6) is 0. The first kappa shape index (κ1) is 10.1. The van der Waals surface area contributed by atoms with E-state index in [4.69, 9.17) is 0 Å². The van der Waals surface area contributed by atoms with Crippen LogP contribution < -0.4 is 5.32 Å². The molecule has 1 aromatic carbocycles. The zero-order valence-electron chi connectivity index (χ0n) is 9.03. The van der Waals surface area contributed by atoms with Crippen molar-refractivity contribution in [1.82, 2.24) is 10.3 Å². The number of hydrogen-bond donors (Lipinski definition) is 1. The zero-order valence-corrected chi connectivity index (χ0v) is 9.03. The van der Waals surface area contributed by atoms with E-state index >= 15 is 0 Å². The highest BCUT2D eigenvalue weighted by atomic mass is 14.8. The summed E-state index contributed by atoms with van der Waals surface area (Å²) < 4.78 is 0. The molecule has 0 saturated carbocycles. The van der Waals surface area contributed by atoms with E-state index in [9.17, 15) is 0 Å². The number of fused-ring (bicyclic) bond motifs is 1. The largest absolute Gasteiger partial charge is 0.320 e. The Hall–Kier alpha value is -1.41. The first-order chi connectivity index (χ1) is 7.42. The van der Waals surface area contributed by atoms with Gasteiger partial charge in [0.05, 0.1) is 0 Å². The minimum absolute atomic E-state index is 1.04. The predicted molar refractivity (Wildman–Crippen MR) is 64.0 cm³/mol. The molecule has 0 fully saturated rings. The van der Waals surface area contributed by atoms with Crippen molar-refractivity contribution >= 4 is 10.8 Å². The van der Waals surface area contributed by atoms with Gasteiger partial charge in [0.15, 0.2) is 0 Å². The van der Waals surface area contributed by atoms with E-state index in [2.05, 4.69) is 40.6 Å². The van der Waals surface area contributed by atoms with Gasteiger partial charge in [0.1, 0.15) is 0 Å². The Morgan fingerprint density at radius 2 is 2.07 bits per heavy atom. The van der Waals surface area contributed by atoms with Gasteiger partial charge in [-0.05, 0) is 37.9 Å². The topological polar surface area (TPSA) is 24.9 Å². The number of benzene rings is 1. The van der Waals surface area contributed by atoms with Crippen molar-refractivity contribution < 1.29 is 0 Å². The van der Waals surface area contributed by atoms with Crippen LogP contribution in [-0.4, -0.2) is 18.6 Å². The summed E-state index contributed by atoms with van der Waals surface area (Å²) in [6.07, 6.45) is 4.08. The van der Waals surface area contributed by atoms with Crippen molar-refractivity contribution in [2.45, 2.75) is 12.8 Å². The maximum Gasteiger partial charge on any atom is 0.0482 e. The second kappa shape index (κ2) is 4.89. The highest BCUT2D eigenvalue weighted by Gasteiger charge is 2.00. The molecule has 0 unspecified atom stereocenters. The van der Waals surface area contributed by atoms with E-state index in [0.717, 1.165) is 19.4 Å². The Bertz CT molecular complexity index is 432. The van der Waals surface area contributed by atoms with Crippen molar-refractivity contribution in [2.24, 2.45) is 0 Å². The normalized spacial score (nSPS) is 10.7. The van der Waals surface area contributed by atoms with Gasteiger partial charge in [0.25, 0.3) is 0 Å². The Morgan fingerprint density at radius 3 is 2.93 bits per heavy atom. The molecule has 1 heterocycles. The third-order valence-electron chi connectivity index (χ3n) is 2.60. The lowest BCUT2D eigenvalue weighted by molar-refractivity contribution is 0.718. The van der Waals surface area contributed by atoms with E-state index in [0.29, 0.717) is 0 Å². The number of nitrogens with one attached hydrogen (secondary N) is 1. The Morgan fingerprint density at radius 1 is 1.20 bits per heavy atom. The monoisotopic (exact) mass is 200 g/mol. The predicted octanol–water partition coefficient (Wildman–Crippen LogP) is 2.39. The maximum atomic E-state index is 4.45. The van der Waals surface area contributed by atoms with Gasteiger partial charge in [-0.15, -0.1) is 0 Å². The highest BCUT2D eigenvalue weighted by molar-refractivity contribution is 5.84. The van der Waals surface area contributed by atoms with Crippen LogP contribution in [0.3, 0.4) is 0 Å². The first-order valence-electron chi connectivity index (χ1n) is 5.39. The third kappa shape index (κ3) is 2.34. The second-order valence-corrected chi connectivity index (χ2v) is 3.69. The molecule has 15 heavy (non-hydrogen) atoms. The van der Waals surface area contributed by atoms with Gasteiger partial charge in [-0.2, -0.15) is 0 Å². The molecule has 1 aromatic heterocycles. The average Bonchev–Trinajstić information content (AvgIpc) is 2.30. The number of pyridine rings is 1. The maximum absolute atomic E-state index is 4.45. The summed E-state index contributed by atoms with van der Waals surface area (Å²) in [6, 6.07) is 10.5. The van der Waals surface area contributed by atoms with E-state index in [1.807, 2.05) is 13.2 Å². The number of hydrogen-bond acceptors (Lipinski definition) is 2. The lowest BCUT2D eigenvalue weighted by Crippen LogP contribution is -2.08. The van der Waals surface area contributed by atoms with Crippen molar-refractivity contribution in [3.05, 3.63) is 42.2 Å². The van der Waals surface area contributed by atoms with E-state index in [1.54, 1.807) is 0 Å². The van der Waals surface area contributed by atoms with Crippen LogP contribution in [0.1, 0.15) is 12.1 Å². The molecule has 2 heteroatoms. The van der Waals surface area contributed by atoms with Crippen LogP contribution in [0.25, 0.3) is 10.8 Å². The van der Waals surface area contributed by atoms with Gasteiger partial charge in [-0.25, -0.2) is 0 Å². The lowest BCUT2D eigenvalue weighted by Gasteiger charge is -2.04. The quantitative estimate of drug-likeness (QED) is 0.766. The SMILES string of the molecule is CNCCCc1nccc2ccccc12. The third-order valence-corrected chi connectivity index (χ3v) is 2.60. The second-order valence-electron chi connectivity index (χ2n) is 3.69. The summed E-state index contributed by atoms with van der Waals surface area (Å²) in [7, 11) is 1.98. The van der Waals surface area contributed by atoms with Crippen LogP contribution in [0.4, 0.5) is 0 Å². The molecule has 0 aliphatic carbocycles. The van der Waals surface area contributed by atoms with Crippen molar-refractivity contribution in [2.75, 3.05) is 13.6 Å². The van der Waals surface area contributed by atoms with E-state index in [1.165, 1.54) is 16.5 Å². The molecule has 0 atom stereocenters. The van der Waals surface area contributed by atoms with E-state index < -0.39 is 0 Å². The summed E-state index contributed by atoms with van der Waals surface area (Å²) in [4.78, 5) is 4.45. The van der Waals surface area contributed by atoms with Crippen LogP contribution in [0, 0.1) is 0 Å². The van der Waals surface area contributed by atoms with E-state index in [-0.39, 0.29) is 0 Å². The van der Waals surface area contributed by atoms with Crippen LogP contribution in [0.15, 0.2) is 36.5 Å². The standard InChI is InChI=1S/C13H16N2/c1-14-9-4-7-13-12-6-3-2-5-11(12)8-10-15-13/h2-3,5-6,8,10,14H,4,7,9H2,1H3. The van der Waals surface area contributed by atoms with Gasteiger partial charge in [0.2, 0.25) is 0 Å². The molecule has 0 saturated heterocycles. The fourth-order valence-electron chi connectivity index (χ4n) is 1.81. The van der Waals surface area contributed by atoms with Gasteiger partial charge >= 0.3 is 0 Å². The minimum atomic E-state index is 1.04.